The molecule has 80 valence electrons. The molecule has 0 aromatic heterocycles. The van der Waals surface area contributed by atoms with Crippen LogP contribution in [0.1, 0.15) is 37.3 Å². The Balaban J connectivity index is 2.58. The Hall–Kier alpha value is -1.02. The molecule has 0 fully saturated rings. The van der Waals surface area contributed by atoms with Gasteiger partial charge in [0, 0.05) is 5.02 Å². The number of carbonyl (C=O) groups is 1. The van der Waals surface area contributed by atoms with Crippen molar-refractivity contribution in [2.45, 2.75) is 31.6 Å². The Bertz CT molecular complexity index is 424. The highest BCUT2D eigenvalue weighted by atomic mass is 35.5. The average molecular weight is 225 g/mol. The normalized spacial score (nSPS) is 22.5. The lowest BCUT2D eigenvalue weighted by molar-refractivity contribution is -0.139. The highest BCUT2D eigenvalue weighted by Gasteiger charge is 2.40. The topological polar surface area (TPSA) is 37.3 Å². The molecule has 0 amide bonds. The lowest BCUT2D eigenvalue weighted by atomic mass is 9.86. The van der Waals surface area contributed by atoms with Gasteiger partial charge in [0.15, 0.2) is 0 Å². The van der Waals surface area contributed by atoms with Crippen molar-refractivity contribution < 1.29 is 9.90 Å². The third-order valence-electron chi connectivity index (χ3n) is 3.13. The number of fused-ring (bicyclic) bond motifs is 1. The van der Waals surface area contributed by atoms with E-state index in [1.54, 1.807) is 6.07 Å². The molecule has 0 aliphatic heterocycles. The summed E-state index contributed by atoms with van der Waals surface area (Å²) in [6, 6.07) is 5.55. The number of halogens is 1. The third kappa shape index (κ3) is 1.63. The molecule has 3 heteroatoms. The van der Waals surface area contributed by atoms with E-state index in [9.17, 15) is 4.79 Å². The van der Waals surface area contributed by atoms with Gasteiger partial charge in [0.05, 0.1) is 5.92 Å². The molecule has 0 bridgehead atoms. The lowest BCUT2D eigenvalue weighted by Crippen LogP contribution is -2.14. The number of hydrogen-bond acceptors (Lipinski definition) is 1. The summed E-state index contributed by atoms with van der Waals surface area (Å²) < 4.78 is 0. The molecule has 1 aromatic rings. The van der Waals surface area contributed by atoms with Crippen molar-refractivity contribution in [2.24, 2.45) is 0 Å². The Morgan fingerprint density at radius 3 is 2.80 bits per heavy atom. The highest BCUT2D eigenvalue weighted by molar-refractivity contribution is 6.30. The van der Waals surface area contributed by atoms with Gasteiger partial charge in [-0.2, -0.15) is 0 Å². The molecule has 0 saturated carbocycles. The minimum absolute atomic E-state index is 0.0665. The van der Waals surface area contributed by atoms with E-state index in [0.717, 1.165) is 11.1 Å². The van der Waals surface area contributed by atoms with E-state index < -0.39 is 11.9 Å². The molecule has 2 nitrogen and oxygen atoms in total. The van der Waals surface area contributed by atoms with Gasteiger partial charge in [-0.25, -0.2) is 0 Å². The van der Waals surface area contributed by atoms with Crippen LogP contribution in [0.5, 0.6) is 0 Å². The van der Waals surface area contributed by atoms with Gasteiger partial charge in [-0.15, -0.1) is 0 Å². The fourth-order valence-electron chi connectivity index (χ4n) is 2.39. The van der Waals surface area contributed by atoms with Gasteiger partial charge in [0.2, 0.25) is 0 Å². The smallest absolute Gasteiger partial charge is 0.311 e. The second-order valence-electron chi connectivity index (χ2n) is 4.71. The van der Waals surface area contributed by atoms with Crippen molar-refractivity contribution in [3.8, 4) is 0 Å². The zero-order valence-corrected chi connectivity index (χ0v) is 9.51. The second kappa shape index (κ2) is 3.24. The molecule has 1 unspecified atom stereocenters. The molecular formula is C12H13ClO2. The van der Waals surface area contributed by atoms with Gasteiger partial charge in [0.25, 0.3) is 0 Å². The number of carboxylic acids is 1. The summed E-state index contributed by atoms with van der Waals surface area (Å²) in [7, 11) is 0. The molecule has 0 radical (unpaired) electrons. The Kier molecular flexibility index (Phi) is 2.27. The predicted molar refractivity (Wildman–Crippen MR) is 59.5 cm³/mol. The van der Waals surface area contributed by atoms with E-state index in [1.807, 2.05) is 12.1 Å². The fraction of sp³-hybridized carbons (Fsp3) is 0.417. The molecule has 15 heavy (non-hydrogen) atoms. The zero-order chi connectivity index (χ0) is 11.2. The minimum Gasteiger partial charge on any atom is -0.481 e. The minimum atomic E-state index is -0.760. The third-order valence-corrected chi connectivity index (χ3v) is 3.37. The van der Waals surface area contributed by atoms with Gasteiger partial charge in [0.1, 0.15) is 0 Å². The van der Waals surface area contributed by atoms with Crippen LogP contribution in [-0.4, -0.2) is 11.1 Å². The van der Waals surface area contributed by atoms with Crippen LogP contribution < -0.4 is 0 Å². The van der Waals surface area contributed by atoms with Crippen LogP contribution in [0.2, 0.25) is 5.02 Å². The zero-order valence-electron chi connectivity index (χ0n) is 8.75. The maximum absolute atomic E-state index is 11.1. The van der Waals surface area contributed by atoms with Crippen LogP contribution in [0.15, 0.2) is 18.2 Å². The van der Waals surface area contributed by atoms with Crippen molar-refractivity contribution in [1.82, 2.24) is 0 Å². The van der Waals surface area contributed by atoms with E-state index in [0.29, 0.717) is 11.4 Å². The predicted octanol–water partition coefficient (Wildman–Crippen LogP) is 3.19. The summed E-state index contributed by atoms with van der Waals surface area (Å²) in [6.07, 6.45) is 0.651. The van der Waals surface area contributed by atoms with Gasteiger partial charge < -0.3 is 5.11 Å². The van der Waals surface area contributed by atoms with Crippen LogP contribution in [0.4, 0.5) is 0 Å². The number of rotatable bonds is 1. The number of aliphatic carboxylic acids is 1. The SMILES string of the molecule is CC1(C)CC(C(=O)O)c2cc(Cl)ccc21. The first-order chi connectivity index (χ1) is 6.92. The second-order valence-corrected chi connectivity index (χ2v) is 5.15. The van der Waals surface area contributed by atoms with Gasteiger partial charge in [-0.3, -0.25) is 4.79 Å². The average Bonchev–Trinajstić information content (AvgIpc) is 2.38. The van der Waals surface area contributed by atoms with Gasteiger partial charge in [-0.05, 0) is 35.1 Å². The van der Waals surface area contributed by atoms with Crippen LogP contribution in [-0.2, 0) is 10.2 Å². The summed E-state index contributed by atoms with van der Waals surface area (Å²) >= 11 is 5.89. The molecule has 0 spiro atoms. The van der Waals surface area contributed by atoms with Crippen molar-refractivity contribution in [2.75, 3.05) is 0 Å². The van der Waals surface area contributed by atoms with E-state index >= 15 is 0 Å². The van der Waals surface area contributed by atoms with Crippen LogP contribution >= 0.6 is 11.6 Å². The summed E-state index contributed by atoms with van der Waals surface area (Å²) in [5.74, 6) is -1.17. The molecule has 1 atom stereocenters. The number of benzene rings is 1. The summed E-state index contributed by atoms with van der Waals surface area (Å²) in [4.78, 5) is 11.1. The summed E-state index contributed by atoms with van der Waals surface area (Å²) in [6.45, 7) is 4.14. The van der Waals surface area contributed by atoms with E-state index in [2.05, 4.69) is 13.8 Å². The molecular weight excluding hydrogens is 212 g/mol. The Morgan fingerprint density at radius 2 is 2.20 bits per heavy atom. The van der Waals surface area contributed by atoms with Gasteiger partial charge >= 0.3 is 5.97 Å². The molecule has 1 aliphatic rings. The van der Waals surface area contributed by atoms with Crippen molar-refractivity contribution in [1.29, 1.82) is 0 Å². The number of carboxylic acid groups (broad SMARTS) is 1. The molecule has 0 heterocycles. The quantitative estimate of drug-likeness (QED) is 0.796. The Morgan fingerprint density at radius 1 is 1.53 bits per heavy atom. The van der Waals surface area contributed by atoms with Crippen molar-refractivity contribution >= 4 is 17.6 Å². The Labute approximate surface area is 93.9 Å². The summed E-state index contributed by atoms with van der Waals surface area (Å²) in [5.41, 5.74) is 1.92. The highest BCUT2D eigenvalue weighted by Crippen LogP contribution is 2.46. The first-order valence-electron chi connectivity index (χ1n) is 4.94. The standard InChI is InChI=1S/C12H13ClO2/c1-12(2)6-9(11(14)15)8-5-7(13)3-4-10(8)12/h3-5,9H,6H2,1-2H3,(H,14,15). The van der Waals surface area contributed by atoms with Crippen LogP contribution in [0.3, 0.4) is 0 Å². The molecule has 1 aliphatic carbocycles. The van der Waals surface area contributed by atoms with Crippen molar-refractivity contribution in [3.05, 3.63) is 34.3 Å². The van der Waals surface area contributed by atoms with Gasteiger partial charge in [-0.1, -0.05) is 31.5 Å². The number of hydrogen-bond donors (Lipinski definition) is 1. The molecule has 1 N–H and O–H groups in total. The molecule has 0 saturated heterocycles. The molecule has 1 aromatic carbocycles. The van der Waals surface area contributed by atoms with E-state index in [-0.39, 0.29) is 5.41 Å². The lowest BCUT2D eigenvalue weighted by Gasteiger charge is -2.18. The summed E-state index contributed by atoms with van der Waals surface area (Å²) in [5, 5.41) is 9.75. The van der Waals surface area contributed by atoms with E-state index in [1.165, 1.54) is 0 Å². The fourth-order valence-corrected chi connectivity index (χ4v) is 2.57. The maximum Gasteiger partial charge on any atom is 0.311 e. The first kappa shape index (κ1) is 10.5. The first-order valence-corrected chi connectivity index (χ1v) is 5.32. The maximum atomic E-state index is 11.1. The van der Waals surface area contributed by atoms with Crippen LogP contribution in [0, 0.1) is 0 Å². The van der Waals surface area contributed by atoms with Crippen LogP contribution in [0.25, 0.3) is 0 Å². The van der Waals surface area contributed by atoms with E-state index in [4.69, 9.17) is 16.7 Å². The molecule has 2 rings (SSSR count). The van der Waals surface area contributed by atoms with Crippen molar-refractivity contribution in [3.63, 3.8) is 0 Å². The monoisotopic (exact) mass is 224 g/mol. The largest absolute Gasteiger partial charge is 0.481 e.